The number of aromatic nitrogens is 2. The highest BCUT2D eigenvalue weighted by Gasteiger charge is 2.16. The molecule has 2 aromatic carbocycles. The van der Waals surface area contributed by atoms with Crippen molar-refractivity contribution in [2.45, 2.75) is 13.8 Å². The summed E-state index contributed by atoms with van der Waals surface area (Å²) in [6, 6.07) is 18.1. The monoisotopic (exact) mass is 386 g/mol. The van der Waals surface area contributed by atoms with Gasteiger partial charge in [-0.1, -0.05) is 30.3 Å². The molecule has 0 saturated carbocycles. The third kappa shape index (κ3) is 2.78. The Balaban J connectivity index is 1.74. The van der Waals surface area contributed by atoms with Crippen LogP contribution in [0.4, 0.5) is 8.78 Å². The number of para-hydroxylation sites is 1. The van der Waals surface area contributed by atoms with E-state index >= 15 is 0 Å². The summed E-state index contributed by atoms with van der Waals surface area (Å²) in [7, 11) is 0. The summed E-state index contributed by atoms with van der Waals surface area (Å²) in [5, 5.41) is 1.71. The summed E-state index contributed by atoms with van der Waals surface area (Å²) >= 11 is 0. The number of aryl methyl sites for hydroxylation is 2. The highest BCUT2D eigenvalue weighted by molar-refractivity contribution is 6.08. The molecule has 3 aromatic heterocycles. The zero-order chi connectivity index (χ0) is 20.1. The molecule has 142 valence electrons. The van der Waals surface area contributed by atoms with Gasteiger partial charge in [0, 0.05) is 21.9 Å². The molecule has 29 heavy (non-hydrogen) atoms. The van der Waals surface area contributed by atoms with Gasteiger partial charge in [0.05, 0.1) is 11.4 Å². The lowest BCUT2D eigenvalue weighted by molar-refractivity contribution is 0.480. The van der Waals surface area contributed by atoms with Gasteiger partial charge in [0.2, 0.25) is 11.7 Å². The van der Waals surface area contributed by atoms with Crippen LogP contribution in [0.25, 0.3) is 44.6 Å². The summed E-state index contributed by atoms with van der Waals surface area (Å²) < 4.78 is 33.0. The first-order valence-electron chi connectivity index (χ1n) is 9.24. The van der Waals surface area contributed by atoms with E-state index in [0.29, 0.717) is 22.6 Å². The van der Waals surface area contributed by atoms with Crippen molar-refractivity contribution in [1.82, 2.24) is 9.97 Å². The number of pyridine rings is 2. The molecule has 0 spiro atoms. The minimum absolute atomic E-state index is 0.309. The summed E-state index contributed by atoms with van der Waals surface area (Å²) in [6.07, 6.45) is 0. The third-order valence-electron chi connectivity index (χ3n) is 5.18. The molecule has 0 saturated heterocycles. The van der Waals surface area contributed by atoms with Crippen molar-refractivity contribution in [3.63, 3.8) is 0 Å². The molecule has 0 N–H and O–H groups in total. The molecular weight excluding hydrogens is 370 g/mol. The Morgan fingerprint density at radius 1 is 0.724 bits per heavy atom. The number of benzene rings is 2. The maximum atomic E-state index is 13.7. The zero-order valence-corrected chi connectivity index (χ0v) is 15.8. The van der Waals surface area contributed by atoms with Crippen LogP contribution in [-0.4, -0.2) is 9.97 Å². The number of nitrogens with zero attached hydrogens (tertiary/aromatic N) is 2. The van der Waals surface area contributed by atoms with Crippen molar-refractivity contribution >= 4 is 22.1 Å². The van der Waals surface area contributed by atoms with E-state index in [1.165, 1.54) is 6.07 Å². The molecule has 5 aromatic rings. The van der Waals surface area contributed by atoms with Crippen LogP contribution in [0.2, 0.25) is 0 Å². The molecule has 0 fully saturated rings. The molecule has 0 bridgehead atoms. The predicted molar refractivity (Wildman–Crippen MR) is 110 cm³/mol. The summed E-state index contributed by atoms with van der Waals surface area (Å²) in [4.78, 5) is 8.48. The molecule has 0 amide bonds. The second-order valence-corrected chi connectivity index (χ2v) is 7.07. The Morgan fingerprint density at radius 3 is 2.21 bits per heavy atom. The third-order valence-corrected chi connectivity index (χ3v) is 5.18. The molecule has 0 aliphatic rings. The number of hydrogen-bond acceptors (Lipinski definition) is 3. The maximum Gasteiger partial charge on any atom is 0.249 e. The van der Waals surface area contributed by atoms with E-state index in [1.807, 2.05) is 30.3 Å². The van der Waals surface area contributed by atoms with Crippen LogP contribution < -0.4 is 0 Å². The first-order chi connectivity index (χ1) is 14.0. The van der Waals surface area contributed by atoms with Gasteiger partial charge in [-0.2, -0.15) is 4.39 Å². The normalized spacial score (nSPS) is 11.4. The van der Waals surface area contributed by atoms with Gasteiger partial charge in [-0.25, -0.2) is 14.4 Å². The Bertz CT molecular complexity index is 1390. The smallest absolute Gasteiger partial charge is 0.249 e. The first kappa shape index (κ1) is 17.5. The number of fused-ring (bicyclic) bond motifs is 3. The molecule has 0 radical (unpaired) electrons. The minimum Gasteiger partial charge on any atom is -0.437 e. The van der Waals surface area contributed by atoms with Gasteiger partial charge in [0.1, 0.15) is 5.58 Å². The van der Waals surface area contributed by atoms with Crippen LogP contribution in [0.3, 0.4) is 0 Å². The second kappa shape index (κ2) is 6.48. The Labute approximate surface area is 165 Å². The van der Waals surface area contributed by atoms with Crippen molar-refractivity contribution in [3.8, 4) is 22.5 Å². The van der Waals surface area contributed by atoms with Gasteiger partial charge >= 0.3 is 0 Å². The van der Waals surface area contributed by atoms with E-state index in [4.69, 9.17) is 9.40 Å². The highest BCUT2D eigenvalue weighted by Crippen LogP contribution is 2.36. The summed E-state index contributed by atoms with van der Waals surface area (Å²) in [6.45, 7) is 4.11. The number of hydrogen-bond donors (Lipinski definition) is 0. The van der Waals surface area contributed by atoms with Gasteiger partial charge in [0.15, 0.2) is 5.82 Å². The molecule has 0 unspecified atom stereocenters. The molecule has 3 heterocycles. The Kier molecular flexibility index (Phi) is 3.91. The zero-order valence-electron chi connectivity index (χ0n) is 15.8. The van der Waals surface area contributed by atoms with E-state index in [1.54, 1.807) is 6.07 Å². The van der Waals surface area contributed by atoms with Crippen LogP contribution in [0.5, 0.6) is 0 Å². The van der Waals surface area contributed by atoms with Crippen LogP contribution >= 0.6 is 0 Å². The van der Waals surface area contributed by atoms with Gasteiger partial charge < -0.3 is 4.42 Å². The molecule has 0 atom stereocenters. The quantitative estimate of drug-likeness (QED) is 0.321. The fourth-order valence-corrected chi connectivity index (χ4v) is 3.81. The average molecular weight is 386 g/mol. The second-order valence-electron chi connectivity index (χ2n) is 7.07. The van der Waals surface area contributed by atoms with E-state index in [2.05, 4.69) is 31.0 Å². The molecular formula is C24H16F2N2O. The Hall–Kier alpha value is -3.60. The van der Waals surface area contributed by atoms with Crippen molar-refractivity contribution in [2.75, 3.05) is 0 Å². The standard InChI is InChI=1S/C24H16F2N2O/c1-13-5-3-6-14(2)21(13)20-11-9-16-15-7-4-8-17(22(15)29-24(16)28-20)19-12-10-18(25)23(26)27-19/h3-12H,1-2H3. The molecule has 3 nitrogen and oxygen atoms in total. The number of halogens is 2. The average Bonchev–Trinajstić information content (AvgIpc) is 3.08. The largest absolute Gasteiger partial charge is 0.437 e. The maximum absolute atomic E-state index is 13.7. The van der Waals surface area contributed by atoms with Crippen molar-refractivity contribution in [2.24, 2.45) is 0 Å². The van der Waals surface area contributed by atoms with Crippen LogP contribution in [0.15, 0.2) is 65.1 Å². The van der Waals surface area contributed by atoms with Crippen LogP contribution in [-0.2, 0) is 0 Å². The fourth-order valence-electron chi connectivity index (χ4n) is 3.81. The predicted octanol–water partition coefficient (Wildman–Crippen LogP) is 6.61. The van der Waals surface area contributed by atoms with Gasteiger partial charge in [-0.15, -0.1) is 0 Å². The highest BCUT2D eigenvalue weighted by atomic mass is 19.2. The van der Waals surface area contributed by atoms with Crippen molar-refractivity contribution in [1.29, 1.82) is 0 Å². The number of furan rings is 1. The lowest BCUT2D eigenvalue weighted by Crippen LogP contribution is -1.92. The SMILES string of the molecule is Cc1cccc(C)c1-c1ccc2c(n1)oc1c(-c3ccc(F)c(F)n3)cccc12. The van der Waals surface area contributed by atoms with E-state index in [-0.39, 0.29) is 0 Å². The summed E-state index contributed by atoms with van der Waals surface area (Å²) in [5.41, 5.74) is 6.13. The van der Waals surface area contributed by atoms with Crippen molar-refractivity contribution < 1.29 is 13.2 Å². The molecule has 0 aliphatic heterocycles. The van der Waals surface area contributed by atoms with Crippen LogP contribution in [0.1, 0.15) is 11.1 Å². The molecule has 5 rings (SSSR count). The lowest BCUT2D eigenvalue weighted by atomic mass is 9.99. The van der Waals surface area contributed by atoms with Gasteiger partial charge in [-0.3, -0.25) is 0 Å². The molecule has 5 heteroatoms. The van der Waals surface area contributed by atoms with Gasteiger partial charge in [0.25, 0.3) is 0 Å². The Morgan fingerprint density at radius 2 is 1.45 bits per heavy atom. The first-order valence-corrected chi connectivity index (χ1v) is 9.24. The fraction of sp³-hybridized carbons (Fsp3) is 0.0833. The number of rotatable bonds is 2. The van der Waals surface area contributed by atoms with Crippen molar-refractivity contribution in [3.05, 3.63) is 83.6 Å². The topological polar surface area (TPSA) is 38.9 Å². The minimum atomic E-state index is -1.13. The van der Waals surface area contributed by atoms with E-state index in [0.717, 1.165) is 39.2 Å². The van der Waals surface area contributed by atoms with E-state index < -0.39 is 11.8 Å². The van der Waals surface area contributed by atoms with Gasteiger partial charge in [-0.05, 0) is 55.3 Å². The molecule has 0 aliphatic carbocycles. The summed E-state index contributed by atoms with van der Waals surface area (Å²) in [5.74, 6) is -2.11. The van der Waals surface area contributed by atoms with Crippen LogP contribution in [0, 0.1) is 25.6 Å². The lowest BCUT2D eigenvalue weighted by Gasteiger charge is -2.08. The van der Waals surface area contributed by atoms with E-state index in [9.17, 15) is 8.78 Å².